The maximum Gasteiger partial charge on any atom is 0.270 e. The third kappa shape index (κ3) is 2.40. The fourth-order valence-corrected chi connectivity index (χ4v) is 4.95. The van der Waals surface area contributed by atoms with Crippen LogP contribution < -0.4 is 10.6 Å². The number of aliphatic hydroxyl groups excluding tert-OH is 1. The molecule has 0 bridgehead atoms. The van der Waals surface area contributed by atoms with Crippen LogP contribution in [-0.2, 0) is 5.41 Å². The zero-order valence-corrected chi connectivity index (χ0v) is 15.7. The summed E-state index contributed by atoms with van der Waals surface area (Å²) in [6.07, 6.45) is 4.49. The molecule has 1 saturated heterocycles. The van der Waals surface area contributed by atoms with Crippen LogP contribution in [0.4, 0.5) is 0 Å². The maximum atomic E-state index is 13.2. The number of rotatable bonds is 2. The Bertz CT molecular complexity index is 1050. The predicted octanol–water partition coefficient (Wildman–Crippen LogP) is 1.50. The average molecular weight is 377 g/mol. The van der Waals surface area contributed by atoms with Gasteiger partial charge in [0.05, 0.1) is 17.8 Å². The molecular formula is C21H23N5O2. The highest BCUT2D eigenvalue weighted by Crippen LogP contribution is 2.50. The topological polar surface area (TPSA) is 91.6 Å². The van der Waals surface area contributed by atoms with Crippen molar-refractivity contribution < 1.29 is 9.90 Å². The number of piperidine rings is 1. The van der Waals surface area contributed by atoms with Crippen LogP contribution in [-0.4, -0.2) is 44.6 Å². The van der Waals surface area contributed by atoms with Crippen LogP contribution in [0.25, 0.3) is 5.78 Å². The van der Waals surface area contributed by atoms with Gasteiger partial charge in [0.15, 0.2) is 0 Å². The van der Waals surface area contributed by atoms with Gasteiger partial charge in [-0.2, -0.15) is 0 Å². The first-order chi connectivity index (χ1) is 13.6. The van der Waals surface area contributed by atoms with Crippen molar-refractivity contribution in [3.63, 3.8) is 0 Å². The lowest BCUT2D eigenvalue weighted by Gasteiger charge is -2.38. The molecule has 1 fully saturated rings. The highest BCUT2D eigenvalue weighted by molar-refractivity contribution is 5.95. The molecule has 0 unspecified atom stereocenters. The Balaban J connectivity index is 1.53. The molecule has 144 valence electrons. The molecule has 1 aliphatic heterocycles. The molecule has 2 atom stereocenters. The molecule has 0 saturated carbocycles. The van der Waals surface area contributed by atoms with E-state index >= 15 is 0 Å². The van der Waals surface area contributed by atoms with Crippen molar-refractivity contribution in [3.05, 3.63) is 65.2 Å². The molecule has 3 heterocycles. The summed E-state index contributed by atoms with van der Waals surface area (Å²) in [6, 6.07) is 9.43. The highest BCUT2D eigenvalue weighted by atomic mass is 16.3. The van der Waals surface area contributed by atoms with E-state index in [4.69, 9.17) is 0 Å². The lowest BCUT2D eigenvalue weighted by atomic mass is 9.72. The molecule has 3 N–H and O–H groups in total. The van der Waals surface area contributed by atoms with Gasteiger partial charge >= 0.3 is 0 Å². The monoisotopic (exact) mass is 377 g/mol. The number of benzene rings is 1. The average Bonchev–Trinajstić information content (AvgIpc) is 3.17. The number of amides is 1. The van der Waals surface area contributed by atoms with Gasteiger partial charge in [0.1, 0.15) is 5.69 Å². The van der Waals surface area contributed by atoms with E-state index in [2.05, 4.69) is 26.7 Å². The van der Waals surface area contributed by atoms with Gasteiger partial charge < -0.3 is 15.7 Å². The number of nitrogens with zero attached hydrogens (tertiary/aromatic N) is 3. The SMILES string of the molecule is Cc1nc2ncccn2c1C(=O)N[C@@H]1c2ccccc2C2(CCNCC2)[C@H]1O. The number of aryl methyl sites for hydroxylation is 1. The summed E-state index contributed by atoms with van der Waals surface area (Å²) in [5.74, 6) is 0.246. The van der Waals surface area contributed by atoms with Crippen molar-refractivity contribution >= 4 is 11.7 Å². The van der Waals surface area contributed by atoms with E-state index in [1.165, 1.54) is 0 Å². The van der Waals surface area contributed by atoms with Gasteiger partial charge in [-0.3, -0.25) is 9.20 Å². The van der Waals surface area contributed by atoms with Gasteiger partial charge in [-0.25, -0.2) is 9.97 Å². The Labute approximate surface area is 162 Å². The smallest absolute Gasteiger partial charge is 0.270 e. The van der Waals surface area contributed by atoms with Crippen molar-refractivity contribution in [2.45, 2.75) is 37.3 Å². The van der Waals surface area contributed by atoms with Crippen LogP contribution in [0.1, 0.15) is 46.2 Å². The molecule has 3 aromatic rings. The van der Waals surface area contributed by atoms with Gasteiger partial charge in [0.25, 0.3) is 5.91 Å². The van der Waals surface area contributed by atoms with Crippen molar-refractivity contribution in [1.29, 1.82) is 0 Å². The number of carbonyl (C=O) groups is 1. The van der Waals surface area contributed by atoms with E-state index in [0.717, 1.165) is 37.1 Å². The Hall–Kier alpha value is -2.77. The second-order valence-corrected chi connectivity index (χ2v) is 7.72. The summed E-state index contributed by atoms with van der Waals surface area (Å²) in [4.78, 5) is 21.8. The fraction of sp³-hybridized carbons (Fsp3) is 0.381. The molecule has 7 nitrogen and oxygen atoms in total. The van der Waals surface area contributed by atoms with Gasteiger partial charge in [-0.1, -0.05) is 24.3 Å². The quantitative estimate of drug-likeness (QED) is 0.630. The van der Waals surface area contributed by atoms with Gasteiger partial charge in [-0.05, 0) is 50.0 Å². The Kier molecular flexibility index (Phi) is 3.96. The largest absolute Gasteiger partial charge is 0.390 e. The summed E-state index contributed by atoms with van der Waals surface area (Å²) in [5, 5.41) is 17.8. The van der Waals surface area contributed by atoms with E-state index in [9.17, 15) is 9.90 Å². The van der Waals surface area contributed by atoms with Crippen LogP contribution in [0.15, 0.2) is 42.7 Å². The Morgan fingerprint density at radius 3 is 2.89 bits per heavy atom. The number of hydrogen-bond donors (Lipinski definition) is 3. The molecule has 1 amide bonds. The number of aliphatic hydroxyl groups is 1. The molecule has 2 aliphatic rings. The minimum Gasteiger partial charge on any atom is -0.390 e. The maximum absolute atomic E-state index is 13.2. The van der Waals surface area contributed by atoms with Crippen molar-refractivity contribution in [2.24, 2.45) is 0 Å². The third-order valence-electron chi connectivity index (χ3n) is 6.29. The van der Waals surface area contributed by atoms with Gasteiger partial charge in [0, 0.05) is 17.8 Å². The van der Waals surface area contributed by atoms with Crippen molar-refractivity contribution in [1.82, 2.24) is 25.0 Å². The Morgan fingerprint density at radius 1 is 1.29 bits per heavy atom. The van der Waals surface area contributed by atoms with E-state index < -0.39 is 12.1 Å². The van der Waals surface area contributed by atoms with Gasteiger partial charge in [-0.15, -0.1) is 0 Å². The first-order valence-electron chi connectivity index (χ1n) is 9.70. The molecule has 28 heavy (non-hydrogen) atoms. The lowest BCUT2D eigenvalue weighted by molar-refractivity contribution is 0.0416. The third-order valence-corrected chi connectivity index (χ3v) is 6.29. The fourth-order valence-electron chi connectivity index (χ4n) is 4.95. The van der Waals surface area contributed by atoms with E-state index in [1.807, 2.05) is 18.2 Å². The zero-order chi connectivity index (χ0) is 19.3. The predicted molar refractivity (Wildman–Crippen MR) is 104 cm³/mol. The van der Waals surface area contributed by atoms with Crippen molar-refractivity contribution in [2.75, 3.05) is 13.1 Å². The van der Waals surface area contributed by atoms with Crippen LogP contribution in [0, 0.1) is 6.92 Å². The van der Waals surface area contributed by atoms with Crippen LogP contribution in [0.2, 0.25) is 0 Å². The number of aromatic nitrogens is 3. The Morgan fingerprint density at radius 2 is 2.07 bits per heavy atom. The molecule has 1 aromatic carbocycles. The van der Waals surface area contributed by atoms with Crippen molar-refractivity contribution in [3.8, 4) is 0 Å². The standard InChI is InChI=1S/C21H23N5O2/c1-13-17(26-12-4-9-23-20(26)24-13)19(28)25-16-14-5-2-3-6-15(14)21(18(16)27)7-10-22-11-8-21/h2-6,9,12,16,18,22,27H,7-8,10-11H2,1H3,(H,25,28)/t16-,18+/m1/s1. The van der Waals surface area contributed by atoms with E-state index in [-0.39, 0.29) is 11.3 Å². The highest BCUT2D eigenvalue weighted by Gasteiger charge is 2.52. The number of carbonyl (C=O) groups excluding carboxylic acids is 1. The molecule has 2 aromatic heterocycles. The van der Waals surface area contributed by atoms with Gasteiger partial charge in [0.2, 0.25) is 5.78 Å². The van der Waals surface area contributed by atoms with E-state index in [1.54, 1.807) is 29.8 Å². The zero-order valence-electron chi connectivity index (χ0n) is 15.7. The molecule has 5 rings (SSSR count). The molecular weight excluding hydrogens is 354 g/mol. The minimum absolute atomic E-state index is 0.247. The number of nitrogens with one attached hydrogen (secondary N) is 2. The normalized spacial score (nSPS) is 23.1. The molecule has 1 spiro atoms. The summed E-state index contributed by atoms with van der Waals surface area (Å²) in [5.41, 5.74) is 2.93. The van der Waals surface area contributed by atoms with Crippen LogP contribution >= 0.6 is 0 Å². The van der Waals surface area contributed by atoms with Crippen LogP contribution in [0.3, 0.4) is 0 Å². The number of fused-ring (bicyclic) bond motifs is 3. The van der Waals surface area contributed by atoms with Crippen LogP contribution in [0.5, 0.6) is 0 Å². The van der Waals surface area contributed by atoms with E-state index in [0.29, 0.717) is 17.2 Å². The molecule has 7 heteroatoms. The second kappa shape index (κ2) is 6.39. The number of hydrogen-bond acceptors (Lipinski definition) is 5. The lowest BCUT2D eigenvalue weighted by Crippen LogP contribution is -2.48. The summed E-state index contributed by atoms with van der Waals surface area (Å²) >= 11 is 0. The first kappa shape index (κ1) is 17.3. The second-order valence-electron chi connectivity index (χ2n) is 7.72. The molecule has 1 aliphatic carbocycles. The summed E-state index contributed by atoms with van der Waals surface area (Å²) in [6.45, 7) is 3.53. The molecule has 0 radical (unpaired) electrons. The first-order valence-corrected chi connectivity index (χ1v) is 9.70. The summed E-state index contributed by atoms with van der Waals surface area (Å²) in [7, 11) is 0. The minimum atomic E-state index is -0.659. The number of imidazole rings is 1. The summed E-state index contributed by atoms with van der Waals surface area (Å²) < 4.78 is 1.69.